The summed E-state index contributed by atoms with van der Waals surface area (Å²) in [7, 11) is 1.73. The van der Waals surface area contributed by atoms with Gasteiger partial charge in [0.15, 0.2) is 11.5 Å². The number of carbonyl (C=O) groups excluding carboxylic acids is 1. The first-order chi connectivity index (χ1) is 12.0. The van der Waals surface area contributed by atoms with Crippen LogP contribution in [0.1, 0.15) is 21.8 Å². The number of H-pyrrole nitrogens is 1. The molecule has 1 amide bonds. The number of ether oxygens (including phenoxy) is 1. The first-order valence-corrected chi connectivity index (χ1v) is 8.10. The predicted octanol–water partition coefficient (Wildman–Crippen LogP) is 3.44. The van der Waals surface area contributed by atoms with Gasteiger partial charge in [-0.05, 0) is 37.6 Å². The van der Waals surface area contributed by atoms with Crippen molar-refractivity contribution in [2.45, 2.75) is 13.8 Å². The number of rotatable bonds is 6. The zero-order chi connectivity index (χ0) is 17.8. The number of hydrogen-bond donors (Lipinski definition) is 1. The van der Waals surface area contributed by atoms with Gasteiger partial charge < -0.3 is 14.1 Å². The Hall–Kier alpha value is -3.02. The number of nitrogens with zero attached hydrogens (tertiary/aromatic N) is 2. The van der Waals surface area contributed by atoms with Gasteiger partial charge in [-0.15, -0.1) is 0 Å². The van der Waals surface area contributed by atoms with Crippen molar-refractivity contribution in [3.05, 3.63) is 59.5 Å². The zero-order valence-corrected chi connectivity index (χ0v) is 14.6. The minimum absolute atomic E-state index is 0.167. The van der Waals surface area contributed by atoms with E-state index >= 15 is 0 Å². The fraction of sp³-hybridized carbons (Fsp3) is 0.263. The lowest BCUT2D eigenvalue weighted by Crippen LogP contribution is -2.31. The number of furan rings is 1. The average molecular weight is 339 g/mol. The van der Waals surface area contributed by atoms with Gasteiger partial charge in [-0.25, -0.2) is 0 Å². The molecular weight excluding hydrogens is 318 g/mol. The van der Waals surface area contributed by atoms with Gasteiger partial charge >= 0.3 is 0 Å². The maximum atomic E-state index is 12.5. The molecule has 6 nitrogen and oxygen atoms in total. The summed E-state index contributed by atoms with van der Waals surface area (Å²) in [6.07, 6.45) is 0. The molecule has 0 saturated carbocycles. The SMILES string of the molecule is Cc1ccc(-c2cc(C(=O)N(C)CCOc3ccccc3C)n[nH]2)o1. The minimum atomic E-state index is -0.167. The molecule has 0 spiro atoms. The topological polar surface area (TPSA) is 71.4 Å². The normalized spacial score (nSPS) is 10.7. The van der Waals surface area contributed by atoms with Crippen molar-refractivity contribution in [3.8, 4) is 17.2 Å². The third-order valence-electron chi connectivity index (χ3n) is 3.93. The number of para-hydroxylation sites is 1. The van der Waals surface area contributed by atoms with Gasteiger partial charge in [-0.1, -0.05) is 18.2 Å². The summed E-state index contributed by atoms with van der Waals surface area (Å²) in [5.41, 5.74) is 2.10. The summed E-state index contributed by atoms with van der Waals surface area (Å²) in [4.78, 5) is 14.0. The van der Waals surface area contributed by atoms with Crippen LogP contribution in [0.2, 0.25) is 0 Å². The lowest BCUT2D eigenvalue weighted by molar-refractivity contribution is 0.0768. The highest BCUT2D eigenvalue weighted by Gasteiger charge is 2.17. The molecule has 2 aromatic heterocycles. The van der Waals surface area contributed by atoms with Crippen LogP contribution in [0.15, 0.2) is 46.9 Å². The van der Waals surface area contributed by atoms with Crippen molar-refractivity contribution in [1.29, 1.82) is 0 Å². The highest BCUT2D eigenvalue weighted by molar-refractivity contribution is 5.93. The Morgan fingerprint density at radius 2 is 2.04 bits per heavy atom. The van der Waals surface area contributed by atoms with Crippen LogP contribution in [-0.4, -0.2) is 41.2 Å². The zero-order valence-electron chi connectivity index (χ0n) is 14.6. The van der Waals surface area contributed by atoms with E-state index < -0.39 is 0 Å². The van der Waals surface area contributed by atoms with Crippen molar-refractivity contribution in [3.63, 3.8) is 0 Å². The molecule has 0 unspecified atom stereocenters. The molecule has 6 heteroatoms. The lowest BCUT2D eigenvalue weighted by atomic mass is 10.2. The molecule has 0 aliphatic carbocycles. The molecule has 2 heterocycles. The molecule has 1 aromatic carbocycles. The van der Waals surface area contributed by atoms with Crippen LogP contribution in [-0.2, 0) is 0 Å². The van der Waals surface area contributed by atoms with Crippen LogP contribution in [0.3, 0.4) is 0 Å². The standard InChI is InChI=1S/C19H21N3O3/c1-13-6-4-5-7-17(13)24-11-10-22(3)19(23)16-12-15(20-21-16)18-9-8-14(2)25-18/h4-9,12H,10-11H2,1-3H3,(H,20,21). The fourth-order valence-corrected chi connectivity index (χ4v) is 2.44. The van der Waals surface area contributed by atoms with E-state index in [0.717, 1.165) is 17.1 Å². The second-order valence-corrected chi connectivity index (χ2v) is 5.92. The molecular formula is C19H21N3O3. The third kappa shape index (κ3) is 3.91. The number of hydrogen-bond acceptors (Lipinski definition) is 4. The molecule has 0 atom stereocenters. The van der Waals surface area contributed by atoms with E-state index in [2.05, 4.69) is 10.2 Å². The number of aryl methyl sites for hydroxylation is 2. The highest BCUT2D eigenvalue weighted by Crippen LogP contribution is 2.21. The molecule has 0 radical (unpaired) electrons. The maximum absolute atomic E-state index is 12.5. The van der Waals surface area contributed by atoms with E-state index in [1.54, 1.807) is 18.0 Å². The second kappa shape index (κ2) is 7.25. The number of aromatic nitrogens is 2. The van der Waals surface area contributed by atoms with Crippen molar-refractivity contribution < 1.29 is 13.9 Å². The van der Waals surface area contributed by atoms with Crippen molar-refractivity contribution in [1.82, 2.24) is 15.1 Å². The average Bonchev–Trinajstić information content (AvgIpc) is 3.24. The fourth-order valence-electron chi connectivity index (χ4n) is 2.44. The predicted molar refractivity (Wildman–Crippen MR) is 94.7 cm³/mol. The van der Waals surface area contributed by atoms with E-state index in [0.29, 0.717) is 30.3 Å². The molecule has 25 heavy (non-hydrogen) atoms. The molecule has 0 aliphatic rings. The van der Waals surface area contributed by atoms with Crippen LogP contribution in [0.5, 0.6) is 5.75 Å². The summed E-state index contributed by atoms with van der Waals surface area (Å²) in [5, 5.41) is 6.92. The van der Waals surface area contributed by atoms with Crippen molar-refractivity contribution >= 4 is 5.91 Å². The van der Waals surface area contributed by atoms with E-state index in [1.165, 1.54) is 0 Å². The summed E-state index contributed by atoms with van der Waals surface area (Å²) in [5.74, 6) is 2.13. The van der Waals surface area contributed by atoms with Gasteiger partial charge in [0.25, 0.3) is 5.91 Å². The van der Waals surface area contributed by atoms with Gasteiger partial charge in [0.05, 0.1) is 6.54 Å². The number of likely N-dealkylation sites (N-methyl/N-ethyl adjacent to an activating group) is 1. The second-order valence-electron chi connectivity index (χ2n) is 5.92. The van der Waals surface area contributed by atoms with Gasteiger partial charge in [0.2, 0.25) is 0 Å². The van der Waals surface area contributed by atoms with Gasteiger partial charge in [-0.2, -0.15) is 5.10 Å². The minimum Gasteiger partial charge on any atom is -0.491 e. The van der Waals surface area contributed by atoms with Gasteiger partial charge in [0.1, 0.15) is 23.8 Å². The first kappa shape index (κ1) is 16.8. The van der Waals surface area contributed by atoms with Crippen LogP contribution >= 0.6 is 0 Å². The van der Waals surface area contributed by atoms with E-state index in [9.17, 15) is 4.79 Å². The van der Waals surface area contributed by atoms with Crippen molar-refractivity contribution in [2.75, 3.05) is 20.2 Å². The summed E-state index contributed by atoms with van der Waals surface area (Å²) < 4.78 is 11.3. The largest absolute Gasteiger partial charge is 0.491 e. The third-order valence-corrected chi connectivity index (χ3v) is 3.93. The molecule has 0 saturated heterocycles. The molecule has 3 rings (SSSR count). The number of carbonyl (C=O) groups is 1. The molecule has 0 bridgehead atoms. The highest BCUT2D eigenvalue weighted by atomic mass is 16.5. The van der Waals surface area contributed by atoms with Crippen LogP contribution < -0.4 is 4.74 Å². The quantitative estimate of drug-likeness (QED) is 0.747. The van der Waals surface area contributed by atoms with Crippen molar-refractivity contribution in [2.24, 2.45) is 0 Å². The Bertz CT molecular complexity index is 866. The molecule has 130 valence electrons. The Morgan fingerprint density at radius 3 is 2.76 bits per heavy atom. The van der Waals surface area contributed by atoms with Crippen LogP contribution in [0, 0.1) is 13.8 Å². The van der Waals surface area contributed by atoms with Crippen LogP contribution in [0.4, 0.5) is 0 Å². The molecule has 0 aliphatic heterocycles. The Kier molecular flexibility index (Phi) is 4.88. The number of benzene rings is 1. The first-order valence-electron chi connectivity index (χ1n) is 8.10. The number of nitrogens with one attached hydrogen (secondary N) is 1. The van der Waals surface area contributed by atoms with E-state index in [4.69, 9.17) is 9.15 Å². The van der Waals surface area contributed by atoms with Gasteiger partial charge in [0, 0.05) is 13.1 Å². The van der Waals surface area contributed by atoms with E-state index in [1.807, 2.05) is 50.2 Å². The number of aromatic amines is 1. The Labute approximate surface area is 146 Å². The smallest absolute Gasteiger partial charge is 0.274 e. The molecule has 1 N–H and O–H groups in total. The van der Waals surface area contributed by atoms with Crippen LogP contribution in [0.25, 0.3) is 11.5 Å². The monoisotopic (exact) mass is 339 g/mol. The summed E-state index contributed by atoms with van der Waals surface area (Å²) in [6.45, 7) is 4.75. The Balaban J connectivity index is 1.57. The van der Waals surface area contributed by atoms with E-state index in [-0.39, 0.29) is 5.91 Å². The molecule has 3 aromatic rings. The Morgan fingerprint density at radius 1 is 1.24 bits per heavy atom. The summed E-state index contributed by atoms with van der Waals surface area (Å²) >= 11 is 0. The van der Waals surface area contributed by atoms with Gasteiger partial charge in [-0.3, -0.25) is 9.89 Å². The summed E-state index contributed by atoms with van der Waals surface area (Å²) in [6, 6.07) is 13.2. The number of amides is 1. The lowest BCUT2D eigenvalue weighted by Gasteiger charge is -2.16. The maximum Gasteiger partial charge on any atom is 0.274 e. The molecule has 0 fully saturated rings.